The van der Waals surface area contributed by atoms with Crippen LogP contribution in [0.3, 0.4) is 0 Å². The first-order valence-corrected chi connectivity index (χ1v) is 13.0. The Kier molecular flexibility index (Phi) is 8.52. The van der Waals surface area contributed by atoms with Crippen molar-refractivity contribution < 1.29 is 17.9 Å². The summed E-state index contributed by atoms with van der Waals surface area (Å²) in [6.07, 6.45) is 1.53. The van der Waals surface area contributed by atoms with E-state index in [1.165, 1.54) is 6.20 Å². The molecular formula is C25H30ClN3O4S. The first kappa shape index (κ1) is 25.9. The molecule has 1 amide bonds. The van der Waals surface area contributed by atoms with E-state index in [9.17, 15) is 13.2 Å². The highest BCUT2D eigenvalue weighted by molar-refractivity contribution is 7.90. The van der Waals surface area contributed by atoms with Gasteiger partial charge in [0, 0.05) is 30.3 Å². The summed E-state index contributed by atoms with van der Waals surface area (Å²) < 4.78 is 33.4. The summed E-state index contributed by atoms with van der Waals surface area (Å²) in [6, 6.07) is 14.0. The Balaban J connectivity index is 1.93. The third-order valence-electron chi connectivity index (χ3n) is 5.38. The van der Waals surface area contributed by atoms with E-state index in [0.717, 1.165) is 5.56 Å². The van der Waals surface area contributed by atoms with Gasteiger partial charge in [-0.25, -0.2) is 13.4 Å². The minimum atomic E-state index is -3.75. The van der Waals surface area contributed by atoms with Gasteiger partial charge in [0.05, 0.1) is 30.8 Å². The molecule has 7 nitrogen and oxygen atoms in total. The number of aryl methyl sites for hydroxylation is 1. The van der Waals surface area contributed by atoms with E-state index in [1.807, 2.05) is 32.9 Å². The van der Waals surface area contributed by atoms with Crippen molar-refractivity contribution in [1.29, 1.82) is 0 Å². The van der Waals surface area contributed by atoms with Crippen LogP contribution in [0.2, 0.25) is 5.02 Å². The van der Waals surface area contributed by atoms with Gasteiger partial charge in [-0.05, 0) is 50.6 Å². The molecule has 182 valence electrons. The van der Waals surface area contributed by atoms with E-state index in [-0.39, 0.29) is 29.4 Å². The maximum absolute atomic E-state index is 13.3. The van der Waals surface area contributed by atoms with Gasteiger partial charge in [0.1, 0.15) is 0 Å². The minimum absolute atomic E-state index is 0.0213. The lowest BCUT2D eigenvalue weighted by molar-refractivity contribution is 0.0674. The Morgan fingerprint density at radius 1 is 1.18 bits per heavy atom. The van der Waals surface area contributed by atoms with Crippen LogP contribution in [0.15, 0.2) is 59.9 Å². The van der Waals surface area contributed by atoms with Gasteiger partial charge >= 0.3 is 0 Å². The second-order valence-electron chi connectivity index (χ2n) is 8.47. The minimum Gasteiger partial charge on any atom is -0.383 e. The van der Waals surface area contributed by atoms with E-state index in [1.54, 1.807) is 53.0 Å². The summed E-state index contributed by atoms with van der Waals surface area (Å²) in [5.74, 6) is -0.372. The number of imidazole rings is 1. The highest BCUT2D eigenvalue weighted by Gasteiger charge is 2.27. The van der Waals surface area contributed by atoms with E-state index < -0.39 is 9.84 Å². The highest BCUT2D eigenvalue weighted by atomic mass is 35.5. The Morgan fingerprint density at radius 3 is 2.50 bits per heavy atom. The van der Waals surface area contributed by atoms with Crippen LogP contribution < -0.4 is 0 Å². The first-order chi connectivity index (χ1) is 16.1. The van der Waals surface area contributed by atoms with Crippen molar-refractivity contribution >= 4 is 27.3 Å². The molecule has 0 aliphatic rings. The largest absolute Gasteiger partial charge is 0.383 e. The molecule has 3 rings (SSSR count). The quantitative estimate of drug-likeness (QED) is 0.401. The van der Waals surface area contributed by atoms with E-state index in [0.29, 0.717) is 35.0 Å². The van der Waals surface area contributed by atoms with Crippen molar-refractivity contribution in [3.8, 4) is 0 Å². The molecular weight excluding hydrogens is 474 g/mol. The van der Waals surface area contributed by atoms with E-state index in [2.05, 4.69) is 4.98 Å². The maximum Gasteiger partial charge on any atom is 0.254 e. The molecule has 0 radical (unpaired) electrons. The van der Waals surface area contributed by atoms with Crippen molar-refractivity contribution in [3.05, 3.63) is 82.1 Å². The third kappa shape index (κ3) is 6.25. The van der Waals surface area contributed by atoms with Crippen LogP contribution in [0.5, 0.6) is 0 Å². The van der Waals surface area contributed by atoms with Gasteiger partial charge in [-0.2, -0.15) is 0 Å². The molecule has 0 N–H and O–H groups in total. The number of amides is 1. The zero-order valence-electron chi connectivity index (χ0n) is 19.9. The highest BCUT2D eigenvalue weighted by Crippen LogP contribution is 2.24. The fraction of sp³-hybridized carbons (Fsp3) is 0.360. The number of benzene rings is 2. The predicted octanol–water partition coefficient (Wildman–Crippen LogP) is 4.69. The van der Waals surface area contributed by atoms with Crippen LogP contribution in [0.1, 0.15) is 47.1 Å². The lowest BCUT2D eigenvalue weighted by atomic mass is 10.1. The maximum atomic E-state index is 13.3. The fourth-order valence-corrected chi connectivity index (χ4v) is 5.52. The van der Waals surface area contributed by atoms with Gasteiger partial charge in [-0.3, -0.25) is 4.79 Å². The zero-order valence-corrected chi connectivity index (χ0v) is 21.4. The molecule has 0 unspecified atom stereocenters. The van der Waals surface area contributed by atoms with E-state index >= 15 is 0 Å². The summed E-state index contributed by atoms with van der Waals surface area (Å²) in [6.45, 7) is 6.66. The van der Waals surface area contributed by atoms with Crippen LogP contribution >= 0.6 is 11.6 Å². The lowest BCUT2D eigenvalue weighted by Gasteiger charge is -2.24. The molecule has 0 spiro atoms. The lowest BCUT2D eigenvalue weighted by Crippen LogP contribution is -2.34. The molecule has 1 aromatic heterocycles. The summed E-state index contributed by atoms with van der Waals surface area (Å²) in [5, 5.41) is 0.455. The predicted molar refractivity (Wildman–Crippen MR) is 133 cm³/mol. The molecule has 0 atom stereocenters. The normalized spacial score (nSPS) is 11.7. The monoisotopic (exact) mass is 503 g/mol. The molecule has 2 aromatic carbocycles. The Hall–Kier alpha value is -2.68. The summed E-state index contributed by atoms with van der Waals surface area (Å²) >= 11 is 6.03. The number of hydrogen-bond donors (Lipinski definition) is 0. The molecule has 0 aliphatic carbocycles. The fourth-order valence-electron chi connectivity index (χ4n) is 3.72. The van der Waals surface area contributed by atoms with Crippen LogP contribution in [0.25, 0.3) is 0 Å². The molecule has 0 fully saturated rings. The number of methoxy groups -OCH3 is 1. The Labute approximate surface area is 206 Å². The van der Waals surface area contributed by atoms with Crippen LogP contribution in [-0.4, -0.2) is 49.0 Å². The summed E-state index contributed by atoms with van der Waals surface area (Å²) in [7, 11) is -2.17. The van der Waals surface area contributed by atoms with Crippen molar-refractivity contribution in [1.82, 2.24) is 14.5 Å². The van der Waals surface area contributed by atoms with Crippen molar-refractivity contribution in [2.45, 2.75) is 44.3 Å². The number of halogens is 1. The number of ether oxygens (including phenoxy) is 1. The first-order valence-electron chi connectivity index (χ1n) is 11.0. The Morgan fingerprint density at radius 2 is 1.88 bits per heavy atom. The number of aromatic nitrogens is 2. The molecule has 1 heterocycles. The molecule has 0 aliphatic heterocycles. The molecule has 0 saturated carbocycles. The van der Waals surface area contributed by atoms with Crippen LogP contribution in [0.4, 0.5) is 0 Å². The number of rotatable bonds is 10. The Bertz CT molecular complexity index is 1240. The number of carbonyl (C=O) groups excluding carboxylic acids is 1. The topological polar surface area (TPSA) is 81.5 Å². The van der Waals surface area contributed by atoms with E-state index in [4.69, 9.17) is 16.3 Å². The van der Waals surface area contributed by atoms with Crippen molar-refractivity contribution in [2.75, 3.05) is 20.3 Å². The summed E-state index contributed by atoms with van der Waals surface area (Å²) in [5.41, 5.74) is 2.85. The third-order valence-corrected chi connectivity index (χ3v) is 7.19. The van der Waals surface area contributed by atoms with Crippen LogP contribution in [-0.2, 0) is 26.9 Å². The second-order valence-corrected chi connectivity index (χ2v) is 10.8. The molecule has 9 heteroatoms. The molecule has 0 bridgehead atoms. The van der Waals surface area contributed by atoms with Gasteiger partial charge in [0.25, 0.3) is 5.91 Å². The van der Waals surface area contributed by atoms with Crippen molar-refractivity contribution in [2.24, 2.45) is 0 Å². The SMILES string of the molecule is COCCN(Cc1cnc(S(=O)(=O)Cc2cccc(Cl)c2)n1C(C)C)C(=O)c1ccc(C)cc1. The number of sulfone groups is 1. The average molecular weight is 504 g/mol. The molecule has 0 saturated heterocycles. The van der Waals surface area contributed by atoms with Gasteiger partial charge in [-0.1, -0.05) is 41.4 Å². The van der Waals surface area contributed by atoms with Gasteiger partial charge in [-0.15, -0.1) is 0 Å². The number of hydrogen-bond acceptors (Lipinski definition) is 5. The van der Waals surface area contributed by atoms with Gasteiger partial charge < -0.3 is 14.2 Å². The zero-order chi connectivity index (χ0) is 24.9. The molecule has 34 heavy (non-hydrogen) atoms. The van der Waals surface area contributed by atoms with Crippen LogP contribution in [0, 0.1) is 6.92 Å². The van der Waals surface area contributed by atoms with Gasteiger partial charge in [0.2, 0.25) is 15.0 Å². The summed E-state index contributed by atoms with van der Waals surface area (Å²) in [4.78, 5) is 19.2. The average Bonchev–Trinajstić information content (AvgIpc) is 3.21. The second kappa shape index (κ2) is 11.2. The van der Waals surface area contributed by atoms with Crippen molar-refractivity contribution in [3.63, 3.8) is 0 Å². The molecule has 3 aromatic rings. The standard InChI is InChI=1S/C25H30ClN3O4S/c1-18(2)29-23(15-27-25(29)34(31,32)17-20-6-5-7-22(26)14-20)16-28(12-13-33-4)24(30)21-10-8-19(3)9-11-21/h5-11,14-15,18H,12-13,16-17H2,1-4H3. The smallest absolute Gasteiger partial charge is 0.254 e. The number of carbonyl (C=O) groups is 1. The number of nitrogens with zero attached hydrogens (tertiary/aromatic N) is 3. The van der Waals surface area contributed by atoms with Gasteiger partial charge in [0.15, 0.2) is 0 Å².